The molecule has 0 fully saturated rings. The van der Waals surface area contributed by atoms with Crippen molar-refractivity contribution in [2.24, 2.45) is 11.0 Å². The summed E-state index contributed by atoms with van der Waals surface area (Å²) in [6, 6.07) is 0. The molecular formula is C9H20N2O2S. The SMILES string of the molecule is CCCS(=O)(=O)NN=C(C)CC(C)C. The lowest BCUT2D eigenvalue weighted by Gasteiger charge is -2.05. The van der Waals surface area contributed by atoms with Gasteiger partial charge in [0.2, 0.25) is 10.0 Å². The van der Waals surface area contributed by atoms with Crippen molar-refractivity contribution >= 4 is 15.7 Å². The molecule has 14 heavy (non-hydrogen) atoms. The number of nitrogens with one attached hydrogen (secondary N) is 1. The first kappa shape index (κ1) is 13.4. The van der Waals surface area contributed by atoms with Crippen molar-refractivity contribution in [2.75, 3.05) is 5.75 Å². The van der Waals surface area contributed by atoms with Crippen molar-refractivity contribution < 1.29 is 8.42 Å². The minimum absolute atomic E-state index is 0.130. The predicted molar refractivity (Wildman–Crippen MR) is 59.8 cm³/mol. The quantitative estimate of drug-likeness (QED) is 0.547. The fourth-order valence-corrected chi connectivity index (χ4v) is 2.02. The molecule has 0 bridgehead atoms. The average Bonchev–Trinajstić information content (AvgIpc) is 2.00. The maximum Gasteiger partial charge on any atom is 0.247 e. The van der Waals surface area contributed by atoms with Gasteiger partial charge in [-0.3, -0.25) is 0 Å². The fraction of sp³-hybridized carbons (Fsp3) is 0.889. The van der Waals surface area contributed by atoms with Crippen LogP contribution in [0.2, 0.25) is 0 Å². The zero-order valence-corrected chi connectivity index (χ0v) is 10.2. The van der Waals surface area contributed by atoms with E-state index in [4.69, 9.17) is 0 Å². The third-order valence-electron chi connectivity index (χ3n) is 1.55. The number of hydrogen-bond donors (Lipinski definition) is 1. The summed E-state index contributed by atoms with van der Waals surface area (Å²) >= 11 is 0. The van der Waals surface area contributed by atoms with Crippen LogP contribution in [0.1, 0.15) is 40.5 Å². The highest BCUT2D eigenvalue weighted by Gasteiger charge is 2.06. The molecule has 0 aromatic rings. The van der Waals surface area contributed by atoms with Crippen LogP contribution in [0.5, 0.6) is 0 Å². The Balaban J connectivity index is 4.14. The van der Waals surface area contributed by atoms with Gasteiger partial charge in [0.25, 0.3) is 0 Å². The Morgan fingerprint density at radius 3 is 2.43 bits per heavy atom. The average molecular weight is 220 g/mol. The largest absolute Gasteiger partial charge is 0.247 e. The number of sulfonamides is 1. The van der Waals surface area contributed by atoms with Gasteiger partial charge < -0.3 is 0 Å². The molecule has 0 aliphatic carbocycles. The van der Waals surface area contributed by atoms with E-state index in [9.17, 15) is 8.42 Å². The van der Waals surface area contributed by atoms with Gasteiger partial charge in [0.15, 0.2) is 0 Å². The summed E-state index contributed by atoms with van der Waals surface area (Å²) in [5.41, 5.74) is 0.819. The Bertz CT molecular complexity index is 281. The second kappa shape index (κ2) is 6.01. The molecule has 0 spiro atoms. The normalized spacial score (nSPS) is 13.4. The van der Waals surface area contributed by atoms with Gasteiger partial charge >= 0.3 is 0 Å². The van der Waals surface area contributed by atoms with Crippen molar-refractivity contribution in [3.63, 3.8) is 0 Å². The van der Waals surface area contributed by atoms with E-state index in [1.54, 1.807) is 0 Å². The van der Waals surface area contributed by atoms with Crippen LogP contribution in [0.3, 0.4) is 0 Å². The Hall–Kier alpha value is -0.580. The van der Waals surface area contributed by atoms with E-state index in [0.717, 1.165) is 12.1 Å². The number of rotatable bonds is 6. The van der Waals surface area contributed by atoms with Gasteiger partial charge in [-0.25, -0.2) is 13.2 Å². The summed E-state index contributed by atoms with van der Waals surface area (Å²) in [6.07, 6.45) is 1.42. The smallest absolute Gasteiger partial charge is 0.205 e. The second-order valence-corrected chi connectivity index (χ2v) is 5.68. The van der Waals surface area contributed by atoms with E-state index in [2.05, 4.69) is 23.8 Å². The van der Waals surface area contributed by atoms with Crippen LogP contribution in [-0.4, -0.2) is 19.9 Å². The first-order valence-electron chi connectivity index (χ1n) is 4.90. The monoisotopic (exact) mass is 220 g/mol. The second-order valence-electron chi connectivity index (χ2n) is 3.86. The molecular weight excluding hydrogens is 200 g/mol. The molecule has 0 saturated carbocycles. The number of hydrogen-bond acceptors (Lipinski definition) is 3. The molecule has 0 aromatic carbocycles. The Morgan fingerprint density at radius 1 is 1.43 bits per heavy atom. The van der Waals surface area contributed by atoms with Crippen LogP contribution in [0.15, 0.2) is 5.10 Å². The minimum Gasteiger partial charge on any atom is -0.205 e. The van der Waals surface area contributed by atoms with Crippen molar-refractivity contribution in [3.05, 3.63) is 0 Å². The van der Waals surface area contributed by atoms with Crippen molar-refractivity contribution in [1.82, 2.24) is 4.83 Å². The van der Waals surface area contributed by atoms with Gasteiger partial charge in [0, 0.05) is 5.71 Å². The van der Waals surface area contributed by atoms with E-state index in [0.29, 0.717) is 12.3 Å². The van der Waals surface area contributed by atoms with Crippen LogP contribution in [0.4, 0.5) is 0 Å². The topological polar surface area (TPSA) is 58.5 Å². The zero-order valence-electron chi connectivity index (χ0n) is 9.37. The van der Waals surface area contributed by atoms with E-state index < -0.39 is 10.0 Å². The van der Waals surface area contributed by atoms with E-state index >= 15 is 0 Å². The molecule has 0 heterocycles. The summed E-state index contributed by atoms with van der Waals surface area (Å²) in [6.45, 7) is 7.79. The van der Waals surface area contributed by atoms with Gasteiger partial charge in [-0.15, -0.1) is 0 Å². The third-order valence-corrected chi connectivity index (χ3v) is 2.87. The Kier molecular flexibility index (Phi) is 5.76. The molecule has 0 radical (unpaired) electrons. The molecule has 5 heteroatoms. The Morgan fingerprint density at radius 2 is 2.00 bits per heavy atom. The molecule has 0 unspecified atom stereocenters. The van der Waals surface area contributed by atoms with Crippen molar-refractivity contribution in [1.29, 1.82) is 0 Å². The van der Waals surface area contributed by atoms with Crippen molar-refractivity contribution in [2.45, 2.75) is 40.5 Å². The standard InChI is InChI=1S/C9H20N2O2S/c1-5-6-14(12,13)11-10-9(4)7-8(2)3/h8,11H,5-7H2,1-4H3. The summed E-state index contributed by atoms with van der Waals surface area (Å²) in [4.78, 5) is 2.23. The number of hydrazone groups is 1. The van der Waals surface area contributed by atoms with Gasteiger partial charge in [0.1, 0.15) is 0 Å². The lowest BCUT2D eigenvalue weighted by atomic mass is 10.1. The molecule has 0 saturated heterocycles. The predicted octanol–water partition coefficient (Wildman–Crippen LogP) is 1.74. The molecule has 0 aromatic heterocycles. The van der Waals surface area contributed by atoms with E-state index in [-0.39, 0.29) is 5.75 Å². The van der Waals surface area contributed by atoms with E-state index in [1.807, 2.05) is 13.8 Å². The minimum atomic E-state index is -3.20. The highest BCUT2D eigenvalue weighted by atomic mass is 32.2. The molecule has 0 aliphatic heterocycles. The van der Waals surface area contributed by atoms with Gasteiger partial charge in [-0.1, -0.05) is 20.8 Å². The highest BCUT2D eigenvalue weighted by molar-refractivity contribution is 7.89. The summed E-state index contributed by atoms with van der Waals surface area (Å²) in [5.74, 6) is 0.625. The third kappa shape index (κ3) is 6.88. The lowest BCUT2D eigenvalue weighted by molar-refractivity contribution is 0.582. The van der Waals surface area contributed by atoms with Crippen LogP contribution >= 0.6 is 0 Å². The van der Waals surface area contributed by atoms with E-state index in [1.165, 1.54) is 0 Å². The van der Waals surface area contributed by atoms with Gasteiger partial charge in [-0.05, 0) is 25.7 Å². The molecule has 0 amide bonds. The van der Waals surface area contributed by atoms with Crippen LogP contribution in [-0.2, 0) is 10.0 Å². The molecule has 84 valence electrons. The first-order chi connectivity index (χ1) is 6.37. The molecule has 0 atom stereocenters. The fourth-order valence-electron chi connectivity index (χ4n) is 1.10. The van der Waals surface area contributed by atoms with Gasteiger partial charge in [-0.2, -0.15) is 5.10 Å². The lowest BCUT2D eigenvalue weighted by Crippen LogP contribution is -2.22. The van der Waals surface area contributed by atoms with Crippen molar-refractivity contribution in [3.8, 4) is 0 Å². The van der Waals surface area contributed by atoms with Gasteiger partial charge in [0.05, 0.1) is 5.75 Å². The summed E-state index contributed by atoms with van der Waals surface area (Å²) in [5, 5.41) is 3.83. The Labute approximate surface area is 86.8 Å². The molecule has 1 N–H and O–H groups in total. The maximum absolute atomic E-state index is 11.2. The highest BCUT2D eigenvalue weighted by Crippen LogP contribution is 2.00. The zero-order chi connectivity index (χ0) is 11.2. The number of nitrogens with zero attached hydrogens (tertiary/aromatic N) is 1. The van der Waals surface area contributed by atoms with Crippen LogP contribution in [0.25, 0.3) is 0 Å². The molecule has 0 aliphatic rings. The summed E-state index contributed by atoms with van der Waals surface area (Å²) < 4.78 is 22.4. The molecule has 4 nitrogen and oxygen atoms in total. The first-order valence-corrected chi connectivity index (χ1v) is 6.55. The van der Waals surface area contributed by atoms with Crippen LogP contribution < -0.4 is 4.83 Å². The maximum atomic E-state index is 11.2. The van der Waals surface area contributed by atoms with Crippen LogP contribution in [0, 0.1) is 5.92 Å². The summed E-state index contributed by atoms with van der Waals surface area (Å²) in [7, 11) is -3.20. The molecule has 0 rings (SSSR count).